The van der Waals surface area contributed by atoms with E-state index in [-0.39, 0.29) is 18.1 Å². The van der Waals surface area contributed by atoms with Gasteiger partial charge in [0, 0.05) is 24.8 Å². The van der Waals surface area contributed by atoms with Crippen LogP contribution in [0.1, 0.15) is 25.3 Å². The van der Waals surface area contributed by atoms with Crippen LogP contribution in [0.4, 0.5) is 0 Å². The van der Waals surface area contributed by atoms with E-state index in [1.807, 2.05) is 6.92 Å². The number of esters is 1. The van der Waals surface area contributed by atoms with Crippen molar-refractivity contribution in [1.29, 1.82) is 0 Å². The largest absolute Gasteiger partial charge is 0.508 e. The van der Waals surface area contributed by atoms with E-state index in [1.54, 1.807) is 18.2 Å². The fourth-order valence-corrected chi connectivity index (χ4v) is 2.71. The van der Waals surface area contributed by atoms with Gasteiger partial charge in [0.25, 0.3) is 0 Å². The number of ether oxygens (including phenoxy) is 1. The van der Waals surface area contributed by atoms with Gasteiger partial charge in [0.1, 0.15) is 24.4 Å². The summed E-state index contributed by atoms with van der Waals surface area (Å²) in [6.45, 7) is 1.81. The number of phenols is 1. The van der Waals surface area contributed by atoms with E-state index < -0.39 is 12.1 Å². The molecular formula is C18H18O5. The molecule has 2 rings (SSSR count). The molecule has 1 aliphatic carbocycles. The van der Waals surface area contributed by atoms with E-state index in [1.165, 1.54) is 18.2 Å². The van der Waals surface area contributed by atoms with Gasteiger partial charge in [0.2, 0.25) is 0 Å². The second kappa shape index (κ2) is 7.54. The fourth-order valence-electron chi connectivity index (χ4n) is 2.71. The van der Waals surface area contributed by atoms with Crippen LogP contribution in [0.15, 0.2) is 41.5 Å². The Morgan fingerprint density at radius 3 is 2.61 bits per heavy atom. The van der Waals surface area contributed by atoms with Crippen molar-refractivity contribution in [2.45, 2.75) is 25.9 Å². The van der Waals surface area contributed by atoms with Gasteiger partial charge in [-0.15, -0.1) is 0 Å². The van der Waals surface area contributed by atoms with Gasteiger partial charge in [0.05, 0.1) is 0 Å². The van der Waals surface area contributed by atoms with Crippen LogP contribution in [0.2, 0.25) is 0 Å². The van der Waals surface area contributed by atoms with Gasteiger partial charge < -0.3 is 14.6 Å². The van der Waals surface area contributed by atoms with E-state index in [0.29, 0.717) is 12.0 Å². The van der Waals surface area contributed by atoms with Crippen LogP contribution < -0.4 is 0 Å². The summed E-state index contributed by atoms with van der Waals surface area (Å²) < 4.78 is 5.39. The summed E-state index contributed by atoms with van der Waals surface area (Å²) in [5, 5.41) is 9.20. The Morgan fingerprint density at radius 1 is 1.30 bits per heavy atom. The minimum atomic E-state index is -0.529. The first-order valence-corrected chi connectivity index (χ1v) is 7.31. The van der Waals surface area contributed by atoms with Gasteiger partial charge in [0.15, 0.2) is 0 Å². The third kappa shape index (κ3) is 4.16. The van der Waals surface area contributed by atoms with E-state index in [4.69, 9.17) is 4.74 Å². The summed E-state index contributed by atoms with van der Waals surface area (Å²) in [4.78, 5) is 33.8. The van der Waals surface area contributed by atoms with Crippen molar-refractivity contribution in [3.63, 3.8) is 0 Å². The zero-order chi connectivity index (χ0) is 16.8. The average molecular weight is 314 g/mol. The van der Waals surface area contributed by atoms with Gasteiger partial charge in [-0.05, 0) is 36.3 Å². The van der Waals surface area contributed by atoms with E-state index in [0.717, 1.165) is 23.7 Å². The zero-order valence-corrected chi connectivity index (χ0v) is 12.8. The Labute approximate surface area is 134 Å². The molecule has 0 unspecified atom stereocenters. The van der Waals surface area contributed by atoms with Gasteiger partial charge in [-0.2, -0.15) is 0 Å². The highest BCUT2D eigenvalue weighted by atomic mass is 16.5. The smallest absolute Gasteiger partial charge is 0.331 e. The summed E-state index contributed by atoms with van der Waals surface area (Å²) in [6, 6.07) is 6.37. The minimum Gasteiger partial charge on any atom is -0.508 e. The summed E-state index contributed by atoms with van der Waals surface area (Å²) in [6.07, 6.45) is 4.47. The number of phenolic OH excluding ortho intramolecular Hbond substituents is 1. The predicted molar refractivity (Wildman–Crippen MR) is 84.6 cm³/mol. The fraction of sp³-hybridized carbons (Fsp3) is 0.278. The number of hydrogen-bond acceptors (Lipinski definition) is 5. The molecule has 23 heavy (non-hydrogen) atoms. The van der Waals surface area contributed by atoms with Crippen LogP contribution in [0.25, 0.3) is 6.08 Å². The molecule has 0 spiro atoms. The molecule has 0 saturated carbocycles. The van der Waals surface area contributed by atoms with Crippen molar-refractivity contribution in [1.82, 2.24) is 0 Å². The highest BCUT2D eigenvalue weighted by Crippen LogP contribution is 2.34. The van der Waals surface area contributed by atoms with Crippen molar-refractivity contribution in [2.24, 2.45) is 5.92 Å². The molecule has 5 nitrogen and oxygen atoms in total. The first kappa shape index (κ1) is 16.7. The Balaban J connectivity index is 2.01. The maximum Gasteiger partial charge on any atom is 0.331 e. The lowest BCUT2D eigenvalue weighted by molar-refractivity contribution is -0.145. The molecule has 0 radical (unpaired) electrons. The Bertz CT molecular complexity index is 654. The number of aromatic hydroxyl groups is 1. The molecule has 0 saturated heterocycles. The quantitative estimate of drug-likeness (QED) is 0.495. The van der Waals surface area contributed by atoms with Gasteiger partial charge >= 0.3 is 5.97 Å². The first-order valence-electron chi connectivity index (χ1n) is 7.31. The van der Waals surface area contributed by atoms with Crippen molar-refractivity contribution < 1.29 is 24.2 Å². The molecule has 0 bridgehead atoms. The second-order valence-electron chi connectivity index (χ2n) is 5.47. The summed E-state index contributed by atoms with van der Waals surface area (Å²) in [5.74, 6) is -0.745. The Kier molecular flexibility index (Phi) is 5.46. The Hall–Kier alpha value is -2.69. The average Bonchev–Trinajstić information content (AvgIpc) is 2.82. The standard InChI is InChI=1S/C18H18O5/c1-12-10-17(15(8-9-19)16(12)11-20)23-18(22)7-4-13-2-5-14(21)6-3-13/h2-7,9,11,15,17,21H,8,10H2,1H3/t15-,17-/m1/s1. The van der Waals surface area contributed by atoms with Crippen LogP contribution >= 0.6 is 0 Å². The molecule has 1 aromatic rings. The van der Waals surface area contributed by atoms with Crippen molar-refractivity contribution in [2.75, 3.05) is 0 Å². The topological polar surface area (TPSA) is 80.7 Å². The molecule has 1 aliphatic rings. The molecule has 0 fully saturated rings. The third-order valence-electron chi connectivity index (χ3n) is 3.90. The molecule has 2 atom stereocenters. The van der Waals surface area contributed by atoms with Crippen molar-refractivity contribution in [3.05, 3.63) is 47.1 Å². The number of carbonyl (C=O) groups is 3. The highest BCUT2D eigenvalue weighted by Gasteiger charge is 2.34. The van der Waals surface area contributed by atoms with E-state index in [9.17, 15) is 19.5 Å². The van der Waals surface area contributed by atoms with Gasteiger partial charge in [-0.3, -0.25) is 4.79 Å². The monoisotopic (exact) mass is 314 g/mol. The lowest BCUT2D eigenvalue weighted by atomic mass is 9.96. The molecule has 1 aromatic carbocycles. The van der Waals surface area contributed by atoms with Crippen LogP contribution in [-0.4, -0.2) is 29.8 Å². The molecule has 0 aromatic heterocycles. The van der Waals surface area contributed by atoms with Crippen LogP contribution in [0.3, 0.4) is 0 Å². The molecule has 1 N–H and O–H groups in total. The number of rotatable bonds is 6. The minimum absolute atomic E-state index is 0.148. The summed E-state index contributed by atoms with van der Waals surface area (Å²) in [7, 11) is 0. The molecule has 0 heterocycles. The second-order valence-corrected chi connectivity index (χ2v) is 5.47. The van der Waals surface area contributed by atoms with Crippen molar-refractivity contribution >= 4 is 24.6 Å². The molecular weight excluding hydrogens is 296 g/mol. The number of aldehydes is 2. The highest BCUT2D eigenvalue weighted by molar-refractivity contribution is 5.87. The lowest BCUT2D eigenvalue weighted by Gasteiger charge is -2.18. The van der Waals surface area contributed by atoms with Crippen LogP contribution in [-0.2, 0) is 19.1 Å². The molecule has 120 valence electrons. The van der Waals surface area contributed by atoms with Crippen LogP contribution in [0.5, 0.6) is 5.75 Å². The maximum atomic E-state index is 11.9. The zero-order valence-electron chi connectivity index (χ0n) is 12.8. The lowest BCUT2D eigenvalue weighted by Crippen LogP contribution is -2.24. The van der Waals surface area contributed by atoms with Crippen LogP contribution in [0, 0.1) is 5.92 Å². The SMILES string of the molecule is CC1=C(C=O)[C@@H](CC=O)[C@H](OC(=O)C=Cc2ccc(O)cc2)C1. The molecule has 5 heteroatoms. The van der Waals surface area contributed by atoms with E-state index >= 15 is 0 Å². The number of carbonyl (C=O) groups excluding carboxylic acids is 3. The van der Waals surface area contributed by atoms with Gasteiger partial charge in [-0.25, -0.2) is 4.79 Å². The molecule has 0 amide bonds. The first-order chi connectivity index (χ1) is 11.0. The normalized spacial score (nSPS) is 20.7. The summed E-state index contributed by atoms with van der Waals surface area (Å²) in [5.41, 5.74) is 2.16. The number of benzene rings is 1. The van der Waals surface area contributed by atoms with Crippen molar-refractivity contribution in [3.8, 4) is 5.75 Å². The summed E-state index contributed by atoms with van der Waals surface area (Å²) >= 11 is 0. The third-order valence-corrected chi connectivity index (χ3v) is 3.90. The predicted octanol–water partition coefficient (Wildman–Crippen LogP) is 2.44. The molecule has 0 aliphatic heterocycles. The maximum absolute atomic E-state index is 11.9. The Morgan fingerprint density at radius 2 is 2.00 bits per heavy atom. The van der Waals surface area contributed by atoms with E-state index in [2.05, 4.69) is 0 Å². The van der Waals surface area contributed by atoms with Gasteiger partial charge in [-0.1, -0.05) is 17.7 Å². The number of hydrogen-bond donors (Lipinski definition) is 1.